The van der Waals surface area contributed by atoms with Crippen LogP contribution in [-0.4, -0.2) is 24.5 Å². The van der Waals surface area contributed by atoms with Crippen LogP contribution in [0, 0.1) is 17.3 Å². The van der Waals surface area contributed by atoms with Crippen molar-refractivity contribution in [2.24, 2.45) is 17.3 Å². The molecule has 1 saturated heterocycles. The molecule has 2 aliphatic rings. The maximum Gasteiger partial charge on any atom is 0.226 e. The molecule has 2 atom stereocenters. The Morgan fingerprint density at radius 2 is 2.00 bits per heavy atom. The first-order valence-corrected chi connectivity index (χ1v) is 6.46. The van der Waals surface area contributed by atoms with E-state index in [2.05, 4.69) is 13.8 Å². The number of piperidine rings is 1. The zero-order valence-corrected chi connectivity index (χ0v) is 11.1. The first-order chi connectivity index (χ1) is 8.54. The molecule has 3 nitrogen and oxygen atoms in total. The number of hydrogen-bond donors (Lipinski definition) is 0. The molecule has 1 saturated carbocycles. The van der Waals surface area contributed by atoms with Crippen molar-refractivity contribution in [3.05, 3.63) is 29.8 Å². The van der Waals surface area contributed by atoms with Gasteiger partial charge in [-0.15, -0.1) is 0 Å². The van der Waals surface area contributed by atoms with Crippen LogP contribution in [0.4, 0.5) is 0 Å². The molecule has 0 bridgehead atoms. The van der Waals surface area contributed by atoms with Gasteiger partial charge in [0.15, 0.2) is 0 Å². The summed E-state index contributed by atoms with van der Waals surface area (Å²) in [4.78, 5) is 14.2. The molecule has 3 heteroatoms. The van der Waals surface area contributed by atoms with Gasteiger partial charge in [-0.05, 0) is 29.0 Å². The maximum atomic E-state index is 12.2. The van der Waals surface area contributed by atoms with Gasteiger partial charge < -0.3 is 9.64 Å². The number of hydrogen-bond acceptors (Lipinski definition) is 2. The number of carbonyl (C=O) groups excluding carboxylic acids is 1. The van der Waals surface area contributed by atoms with Gasteiger partial charge in [-0.3, -0.25) is 4.79 Å². The van der Waals surface area contributed by atoms with E-state index in [0.717, 1.165) is 18.8 Å². The topological polar surface area (TPSA) is 29.5 Å². The smallest absolute Gasteiger partial charge is 0.226 e. The van der Waals surface area contributed by atoms with Crippen molar-refractivity contribution < 1.29 is 9.53 Å². The van der Waals surface area contributed by atoms with E-state index in [1.165, 1.54) is 5.56 Å². The summed E-state index contributed by atoms with van der Waals surface area (Å²) in [5, 5.41) is 0. The SMILES string of the molecule is COc1ccc(CN2CC3C(C2=O)C3(C)C)cc1. The molecule has 3 rings (SSSR count). The van der Waals surface area contributed by atoms with Gasteiger partial charge in [0.05, 0.1) is 7.11 Å². The third kappa shape index (κ3) is 1.61. The Bertz CT molecular complexity index is 478. The van der Waals surface area contributed by atoms with E-state index in [1.807, 2.05) is 29.2 Å². The molecule has 1 aromatic rings. The lowest BCUT2D eigenvalue weighted by Gasteiger charge is -2.22. The van der Waals surface area contributed by atoms with Crippen molar-refractivity contribution in [1.82, 2.24) is 4.90 Å². The number of amides is 1. The van der Waals surface area contributed by atoms with Gasteiger partial charge in [-0.2, -0.15) is 0 Å². The van der Waals surface area contributed by atoms with Crippen molar-refractivity contribution in [2.45, 2.75) is 20.4 Å². The van der Waals surface area contributed by atoms with Gasteiger partial charge in [0.1, 0.15) is 5.75 Å². The molecular formula is C15H19NO2. The lowest BCUT2D eigenvalue weighted by atomic mass is 10.1. The van der Waals surface area contributed by atoms with Crippen LogP contribution in [-0.2, 0) is 11.3 Å². The molecule has 18 heavy (non-hydrogen) atoms. The van der Waals surface area contributed by atoms with Crippen LogP contribution in [0.5, 0.6) is 5.75 Å². The average Bonchev–Trinajstić information content (AvgIpc) is 2.71. The molecular weight excluding hydrogens is 226 g/mol. The van der Waals surface area contributed by atoms with Crippen molar-refractivity contribution in [3.8, 4) is 5.75 Å². The van der Waals surface area contributed by atoms with Gasteiger partial charge >= 0.3 is 0 Å². The maximum absolute atomic E-state index is 12.2. The molecule has 1 amide bonds. The van der Waals surface area contributed by atoms with E-state index in [4.69, 9.17) is 4.74 Å². The second-order valence-electron chi connectivity index (χ2n) is 5.97. The first-order valence-electron chi connectivity index (χ1n) is 6.46. The zero-order chi connectivity index (χ0) is 12.9. The lowest BCUT2D eigenvalue weighted by Crippen LogP contribution is -2.31. The second-order valence-corrected chi connectivity index (χ2v) is 5.97. The van der Waals surface area contributed by atoms with Gasteiger partial charge in [0, 0.05) is 19.0 Å². The first kappa shape index (κ1) is 11.6. The molecule has 1 aromatic carbocycles. The summed E-state index contributed by atoms with van der Waals surface area (Å²) >= 11 is 0. The monoisotopic (exact) mass is 245 g/mol. The van der Waals surface area contributed by atoms with E-state index >= 15 is 0 Å². The van der Waals surface area contributed by atoms with Crippen LogP contribution in [0.25, 0.3) is 0 Å². The molecule has 2 fully saturated rings. The Kier molecular flexibility index (Phi) is 2.40. The minimum atomic E-state index is 0.244. The second kappa shape index (κ2) is 3.74. The van der Waals surface area contributed by atoms with Crippen LogP contribution in [0.2, 0.25) is 0 Å². The van der Waals surface area contributed by atoms with Crippen molar-refractivity contribution in [1.29, 1.82) is 0 Å². The minimum absolute atomic E-state index is 0.244. The number of rotatable bonds is 3. The highest BCUT2D eigenvalue weighted by Crippen LogP contribution is 2.62. The summed E-state index contributed by atoms with van der Waals surface area (Å²) in [7, 11) is 1.66. The number of carbonyl (C=O) groups is 1. The molecule has 0 N–H and O–H groups in total. The highest BCUT2D eigenvalue weighted by atomic mass is 16.5. The van der Waals surface area contributed by atoms with Crippen molar-refractivity contribution in [3.63, 3.8) is 0 Å². The highest BCUT2D eigenvalue weighted by Gasteiger charge is 2.67. The highest BCUT2D eigenvalue weighted by molar-refractivity contribution is 5.86. The number of methoxy groups -OCH3 is 1. The standard InChI is InChI=1S/C15H19NO2/c1-15(2)12-9-16(14(17)13(12)15)8-10-4-6-11(18-3)7-5-10/h4-7,12-13H,8-9H2,1-3H3. The van der Waals surface area contributed by atoms with E-state index in [1.54, 1.807) is 7.11 Å². The summed E-state index contributed by atoms with van der Waals surface area (Å²) < 4.78 is 5.13. The summed E-state index contributed by atoms with van der Waals surface area (Å²) in [6, 6.07) is 7.95. The van der Waals surface area contributed by atoms with E-state index in [9.17, 15) is 4.79 Å². The van der Waals surface area contributed by atoms with E-state index in [-0.39, 0.29) is 11.3 Å². The number of benzene rings is 1. The third-order valence-corrected chi connectivity index (χ3v) is 4.58. The predicted molar refractivity (Wildman–Crippen MR) is 69.2 cm³/mol. The Balaban J connectivity index is 1.66. The molecule has 1 heterocycles. The van der Waals surface area contributed by atoms with E-state index in [0.29, 0.717) is 11.8 Å². The Hall–Kier alpha value is -1.51. The van der Waals surface area contributed by atoms with E-state index < -0.39 is 0 Å². The molecule has 1 aliphatic carbocycles. The number of nitrogens with zero attached hydrogens (tertiary/aromatic N) is 1. The fourth-order valence-electron chi connectivity index (χ4n) is 3.19. The van der Waals surface area contributed by atoms with Gasteiger partial charge in [-0.1, -0.05) is 26.0 Å². The van der Waals surface area contributed by atoms with Crippen LogP contribution in [0.3, 0.4) is 0 Å². The predicted octanol–water partition coefficient (Wildman–Crippen LogP) is 2.31. The molecule has 96 valence electrons. The molecule has 1 aliphatic heterocycles. The lowest BCUT2D eigenvalue weighted by molar-refractivity contribution is -0.131. The fraction of sp³-hybridized carbons (Fsp3) is 0.533. The summed E-state index contributed by atoms with van der Waals surface area (Å²) in [5.74, 6) is 2.04. The van der Waals surface area contributed by atoms with Crippen LogP contribution in [0.15, 0.2) is 24.3 Å². The van der Waals surface area contributed by atoms with Gasteiger partial charge in [0.25, 0.3) is 0 Å². The minimum Gasteiger partial charge on any atom is -0.497 e. The normalized spacial score (nSPS) is 28.2. The third-order valence-electron chi connectivity index (χ3n) is 4.58. The number of likely N-dealkylation sites (tertiary alicyclic amines) is 1. The average molecular weight is 245 g/mol. The molecule has 0 aromatic heterocycles. The van der Waals surface area contributed by atoms with Crippen molar-refractivity contribution >= 4 is 5.91 Å². The summed E-state index contributed by atoms with van der Waals surface area (Å²) in [6.45, 7) is 6.05. The van der Waals surface area contributed by atoms with Gasteiger partial charge in [-0.25, -0.2) is 0 Å². The quantitative estimate of drug-likeness (QED) is 0.818. The molecule has 0 radical (unpaired) electrons. The number of ether oxygens (including phenoxy) is 1. The Morgan fingerprint density at radius 3 is 2.50 bits per heavy atom. The Labute approximate surface area is 108 Å². The largest absolute Gasteiger partial charge is 0.497 e. The fourth-order valence-corrected chi connectivity index (χ4v) is 3.19. The zero-order valence-electron chi connectivity index (χ0n) is 11.1. The molecule has 0 spiro atoms. The number of fused-ring (bicyclic) bond motifs is 1. The summed E-state index contributed by atoms with van der Waals surface area (Å²) in [5.41, 5.74) is 1.41. The van der Waals surface area contributed by atoms with Crippen LogP contribution < -0.4 is 4.74 Å². The van der Waals surface area contributed by atoms with Crippen molar-refractivity contribution in [2.75, 3.05) is 13.7 Å². The van der Waals surface area contributed by atoms with Crippen LogP contribution >= 0.6 is 0 Å². The Morgan fingerprint density at radius 1 is 1.33 bits per heavy atom. The summed E-state index contributed by atoms with van der Waals surface area (Å²) in [6.07, 6.45) is 0. The molecule has 2 unspecified atom stereocenters. The van der Waals surface area contributed by atoms with Gasteiger partial charge in [0.2, 0.25) is 5.91 Å². The van der Waals surface area contributed by atoms with Crippen LogP contribution in [0.1, 0.15) is 19.4 Å².